The molecule has 0 aliphatic carbocycles. The van der Waals surface area contributed by atoms with Gasteiger partial charge in [0.05, 0.1) is 0 Å². The Morgan fingerprint density at radius 2 is 1.88 bits per heavy atom. The van der Waals surface area contributed by atoms with Gasteiger partial charge >= 0.3 is 10.2 Å². The second-order valence-electron chi connectivity index (χ2n) is 3.52. The average Bonchev–Trinajstić information content (AvgIpc) is 2.26. The smallest absolute Gasteiger partial charge is 0.309 e. The van der Waals surface area contributed by atoms with Crippen LogP contribution < -0.4 is 9.47 Å². The van der Waals surface area contributed by atoms with Gasteiger partial charge in [-0.3, -0.25) is 0 Å². The van der Waals surface area contributed by atoms with Crippen LogP contribution in [0.2, 0.25) is 0 Å². The monoisotopic (exact) mass is 246 g/mol. The zero-order chi connectivity index (χ0) is 11.8. The van der Waals surface area contributed by atoms with Crippen molar-refractivity contribution in [3.63, 3.8) is 0 Å². The van der Waals surface area contributed by atoms with E-state index >= 15 is 0 Å². The first kappa shape index (κ1) is 11.2. The third-order valence-corrected chi connectivity index (χ3v) is 3.57. The number of halogens is 1. The molecule has 16 heavy (non-hydrogen) atoms. The summed E-state index contributed by atoms with van der Waals surface area (Å²) in [5.41, 5.74) is 0.353. The Kier molecular flexibility index (Phi) is 2.75. The van der Waals surface area contributed by atoms with Gasteiger partial charge in [-0.2, -0.15) is 8.42 Å². The second kappa shape index (κ2) is 3.93. The molecule has 1 aliphatic heterocycles. The van der Waals surface area contributed by atoms with Gasteiger partial charge in [0.2, 0.25) is 0 Å². The molecular formula is C10H11FO4S. The second-order valence-corrected chi connectivity index (χ2v) is 5.18. The molecule has 88 valence electrons. The molecule has 6 heteroatoms. The lowest BCUT2D eigenvalue weighted by Crippen LogP contribution is -2.15. The number of fused-ring (bicyclic) bond motifs is 1. The van der Waals surface area contributed by atoms with E-state index in [0.29, 0.717) is 30.3 Å². The quantitative estimate of drug-likeness (QED) is 0.747. The molecule has 4 nitrogen and oxygen atoms in total. The highest BCUT2D eigenvalue weighted by Crippen LogP contribution is 2.34. The van der Waals surface area contributed by atoms with Gasteiger partial charge in [-0.1, -0.05) is 6.07 Å². The van der Waals surface area contributed by atoms with Crippen molar-refractivity contribution in [2.45, 2.75) is 12.2 Å². The Hall–Kier alpha value is -1.30. The molecule has 0 aromatic heterocycles. The average molecular weight is 246 g/mol. The summed E-state index contributed by atoms with van der Waals surface area (Å²) in [6.07, 6.45) is 0. The summed E-state index contributed by atoms with van der Waals surface area (Å²) in [6.45, 7) is 2.16. The third kappa shape index (κ3) is 2.11. The molecule has 1 aliphatic rings. The van der Waals surface area contributed by atoms with Crippen LogP contribution in [-0.2, 0) is 10.2 Å². The fourth-order valence-electron chi connectivity index (χ4n) is 1.48. The van der Waals surface area contributed by atoms with Gasteiger partial charge < -0.3 is 9.47 Å². The van der Waals surface area contributed by atoms with Gasteiger partial charge in [0.25, 0.3) is 0 Å². The Balaban J connectivity index is 2.37. The van der Waals surface area contributed by atoms with E-state index in [1.165, 1.54) is 19.1 Å². The molecule has 2 rings (SSSR count). The molecule has 1 atom stereocenters. The van der Waals surface area contributed by atoms with E-state index in [1.807, 2.05) is 0 Å². The Morgan fingerprint density at radius 3 is 2.50 bits per heavy atom. The maximum atomic E-state index is 12.8. The number of ether oxygens (including phenoxy) is 2. The number of benzene rings is 1. The molecule has 1 aromatic rings. The standard InChI is InChI=1S/C10H11FO4S/c1-7(16(11,12)13)8-2-3-9-10(6-8)15-5-4-14-9/h2-3,6-7H,4-5H2,1H3. The minimum absolute atomic E-state index is 0.353. The molecule has 1 aromatic carbocycles. The molecule has 0 N–H and O–H groups in total. The first-order valence-electron chi connectivity index (χ1n) is 4.81. The van der Waals surface area contributed by atoms with Gasteiger partial charge in [-0.05, 0) is 24.6 Å². The summed E-state index contributed by atoms with van der Waals surface area (Å²) in [5.74, 6) is 1.01. The van der Waals surface area contributed by atoms with E-state index in [1.54, 1.807) is 6.07 Å². The van der Waals surface area contributed by atoms with Crippen LogP contribution in [0.5, 0.6) is 11.5 Å². The molecule has 0 fully saturated rings. The number of hydrogen-bond acceptors (Lipinski definition) is 4. The number of hydrogen-bond donors (Lipinski definition) is 0. The Bertz CT molecular complexity index is 498. The zero-order valence-electron chi connectivity index (χ0n) is 8.64. The molecule has 0 spiro atoms. The predicted octanol–water partition coefficient (Wildman–Crippen LogP) is 1.82. The van der Waals surface area contributed by atoms with Crippen molar-refractivity contribution in [2.24, 2.45) is 0 Å². The maximum Gasteiger partial charge on any atom is 0.309 e. The van der Waals surface area contributed by atoms with Crippen LogP contribution in [0.15, 0.2) is 18.2 Å². The summed E-state index contributed by atoms with van der Waals surface area (Å²) in [5, 5.41) is -1.19. The van der Waals surface area contributed by atoms with Gasteiger partial charge in [0.1, 0.15) is 18.5 Å². The predicted molar refractivity (Wildman–Crippen MR) is 55.9 cm³/mol. The van der Waals surface area contributed by atoms with Crippen LogP contribution >= 0.6 is 0 Å². The first-order chi connectivity index (χ1) is 7.48. The molecule has 1 heterocycles. The molecule has 0 amide bonds. The van der Waals surface area contributed by atoms with E-state index in [9.17, 15) is 12.3 Å². The van der Waals surface area contributed by atoms with Crippen molar-refractivity contribution in [2.75, 3.05) is 13.2 Å². The molecule has 1 unspecified atom stereocenters. The summed E-state index contributed by atoms with van der Waals surface area (Å²) in [4.78, 5) is 0. The van der Waals surface area contributed by atoms with Crippen molar-refractivity contribution in [1.82, 2.24) is 0 Å². The van der Waals surface area contributed by atoms with Gasteiger partial charge in [0, 0.05) is 0 Å². The lowest BCUT2D eigenvalue weighted by Gasteiger charge is -2.19. The van der Waals surface area contributed by atoms with Crippen LogP contribution in [-0.4, -0.2) is 21.6 Å². The van der Waals surface area contributed by atoms with Crippen molar-refractivity contribution in [3.05, 3.63) is 23.8 Å². The van der Waals surface area contributed by atoms with Crippen molar-refractivity contribution in [1.29, 1.82) is 0 Å². The molecule has 0 radical (unpaired) electrons. The lowest BCUT2D eigenvalue weighted by atomic mass is 10.1. The highest BCUT2D eigenvalue weighted by atomic mass is 32.3. The highest BCUT2D eigenvalue weighted by molar-refractivity contribution is 7.86. The van der Waals surface area contributed by atoms with Crippen LogP contribution in [0, 0.1) is 0 Å². The van der Waals surface area contributed by atoms with Crippen LogP contribution in [0.3, 0.4) is 0 Å². The van der Waals surface area contributed by atoms with E-state index < -0.39 is 15.5 Å². The molecule has 0 saturated heterocycles. The first-order valence-corrected chi connectivity index (χ1v) is 6.26. The number of rotatable bonds is 2. The topological polar surface area (TPSA) is 52.6 Å². The van der Waals surface area contributed by atoms with Crippen LogP contribution in [0.4, 0.5) is 3.89 Å². The molecule has 0 saturated carbocycles. The third-order valence-electron chi connectivity index (χ3n) is 2.46. The van der Waals surface area contributed by atoms with Crippen molar-refractivity contribution >= 4 is 10.2 Å². The fraction of sp³-hybridized carbons (Fsp3) is 0.400. The normalized spacial score (nSPS) is 16.9. The van der Waals surface area contributed by atoms with Crippen molar-refractivity contribution < 1.29 is 21.8 Å². The summed E-state index contributed by atoms with van der Waals surface area (Å²) in [7, 11) is -4.58. The minimum Gasteiger partial charge on any atom is -0.486 e. The van der Waals surface area contributed by atoms with E-state index in [2.05, 4.69) is 0 Å². The maximum absolute atomic E-state index is 12.8. The lowest BCUT2D eigenvalue weighted by molar-refractivity contribution is 0.171. The summed E-state index contributed by atoms with van der Waals surface area (Å²) in [6, 6.07) is 4.61. The fourth-order valence-corrected chi connectivity index (χ4v) is 1.95. The SMILES string of the molecule is CC(c1ccc2c(c1)OCCO2)S(=O)(=O)F. The zero-order valence-corrected chi connectivity index (χ0v) is 9.46. The summed E-state index contributed by atoms with van der Waals surface area (Å²) < 4.78 is 44.9. The largest absolute Gasteiger partial charge is 0.486 e. The van der Waals surface area contributed by atoms with Gasteiger partial charge in [0.15, 0.2) is 11.5 Å². The van der Waals surface area contributed by atoms with Gasteiger partial charge in [-0.25, -0.2) is 0 Å². The van der Waals surface area contributed by atoms with Crippen LogP contribution in [0.25, 0.3) is 0 Å². The van der Waals surface area contributed by atoms with E-state index in [0.717, 1.165) is 0 Å². The van der Waals surface area contributed by atoms with E-state index in [-0.39, 0.29) is 0 Å². The van der Waals surface area contributed by atoms with E-state index in [4.69, 9.17) is 9.47 Å². The van der Waals surface area contributed by atoms with Crippen molar-refractivity contribution in [3.8, 4) is 11.5 Å². The highest BCUT2D eigenvalue weighted by Gasteiger charge is 2.23. The Labute approximate surface area is 93.2 Å². The summed E-state index contributed by atoms with van der Waals surface area (Å²) >= 11 is 0. The minimum atomic E-state index is -4.58. The van der Waals surface area contributed by atoms with Gasteiger partial charge in [-0.15, -0.1) is 3.89 Å². The Morgan fingerprint density at radius 1 is 1.25 bits per heavy atom. The molecule has 0 bridgehead atoms. The molecular weight excluding hydrogens is 235 g/mol. The van der Waals surface area contributed by atoms with Crippen LogP contribution in [0.1, 0.15) is 17.7 Å².